The smallest absolute Gasteiger partial charge is 0.0665 e. The van der Waals surface area contributed by atoms with Crippen molar-refractivity contribution in [2.75, 3.05) is 34.5 Å². The Kier molecular flexibility index (Phi) is 13.8. The first-order chi connectivity index (χ1) is 15.7. The van der Waals surface area contributed by atoms with E-state index < -0.39 is 0 Å². The van der Waals surface area contributed by atoms with Crippen molar-refractivity contribution in [1.29, 1.82) is 0 Å². The molecule has 0 aliphatic rings. The largest absolute Gasteiger partial charge is 0.365 e. The molecule has 32 heavy (non-hydrogen) atoms. The minimum atomic E-state index is 0.735. The average molecular weight is 473 g/mol. The van der Waals surface area contributed by atoms with E-state index >= 15 is 0 Å². The fourth-order valence-electron chi connectivity index (χ4n) is 3.86. The third kappa shape index (κ3) is 10.1. The van der Waals surface area contributed by atoms with Gasteiger partial charge >= 0.3 is 0 Å². The highest BCUT2D eigenvalue weighted by molar-refractivity contribution is 7.99. The minimum Gasteiger partial charge on any atom is -0.365 e. The highest BCUT2D eigenvalue weighted by Crippen LogP contribution is 2.22. The third-order valence-corrected chi connectivity index (χ3v) is 7.42. The highest BCUT2D eigenvalue weighted by Gasteiger charge is 2.07. The molecule has 2 rings (SSSR count). The molecule has 178 valence electrons. The van der Waals surface area contributed by atoms with Crippen LogP contribution in [-0.2, 0) is 12.8 Å². The van der Waals surface area contributed by atoms with Gasteiger partial charge in [0.25, 0.3) is 0 Å². The molecule has 0 aromatic heterocycles. The van der Waals surface area contributed by atoms with Crippen LogP contribution in [0.2, 0.25) is 0 Å². The number of unbranched alkanes of at least 4 members (excludes halogenated alkanes) is 6. The molecule has 0 unspecified atom stereocenters. The molecule has 0 aliphatic heterocycles. The Balaban J connectivity index is 1.74. The standard InChI is InChI=1S/C28H44N2S2/c1-4-6-8-10-12-25-14-18-27(19-15-25)29(3)23-32-24-30(22-31)28-20-16-26(17-21-28)13-11-9-7-5-2/h14-21,31H,4-13,22-24H2,1-3H3. The first kappa shape index (κ1) is 27.0. The summed E-state index contributed by atoms with van der Waals surface area (Å²) >= 11 is 6.51. The fourth-order valence-corrected chi connectivity index (χ4v) is 5.23. The predicted octanol–water partition coefficient (Wildman–Crippen LogP) is 8.41. The molecule has 0 heterocycles. The first-order valence-corrected chi connectivity index (χ1v) is 14.3. The van der Waals surface area contributed by atoms with Crippen molar-refractivity contribution in [3.63, 3.8) is 0 Å². The lowest BCUT2D eigenvalue weighted by Crippen LogP contribution is -2.24. The van der Waals surface area contributed by atoms with Gasteiger partial charge in [0.05, 0.1) is 17.6 Å². The van der Waals surface area contributed by atoms with E-state index in [4.69, 9.17) is 0 Å². The number of benzene rings is 2. The second-order valence-corrected chi connectivity index (χ2v) is 10.0. The molecule has 0 spiro atoms. The van der Waals surface area contributed by atoms with Crippen molar-refractivity contribution < 1.29 is 0 Å². The average Bonchev–Trinajstić information content (AvgIpc) is 2.83. The zero-order valence-corrected chi connectivity index (χ0v) is 22.3. The third-order valence-electron chi connectivity index (χ3n) is 6.02. The number of thioether (sulfide) groups is 1. The number of nitrogens with zero attached hydrogens (tertiary/aromatic N) is 2. The van der Waals surface area contributed by atoms with Crippen molar-refractivity contribution in [2.24, 2.45) is 0 Å². The van der Waals surface area contributed by atoms with Crippen LogP contribution in [0.3, 0.4) is 0 Å². The summed E-state index contributed by atoms with van der Waals surface area (Å²) < 4.78 is 0. The Labute approximate surface area is 207 Å². The number of anilines is 2. The molecule has 0 N–H and O–H groups in total. The minimum absolute atomic E-state index is 0.735. The molecule has 0 aliphatic carbocycles. The first-order valence-electron chi connectivity index (χ1n) is 12.5. The Morgan fingerprint density at radius 3 is 1.62 bits per heavy atom. The van der Waals surface area contributed by atoms with Crippen LogP contribution in [0.25, 0.3) is 0 Å². The SMILES string of the molecule is CCCCCCc1ccc(N(C)CSCN(CS)c2ccc(CCCCCC)cc2)cc1. The lowest BCUT2D eigenvalue weighted by molar-refractivity contribution is 0.667. The van der Waals surface area contributed by atoms with Gasteiger partial charge in [-0.2, -0.15) is 12.6 Å². The molecule has 0 saturated carbocycles. The summed E-state index contributed by atoms with van der Waals surface area (Å²) in [5.41, 5.74) is 5.46. The maximum Gasteiger partial charge on any atom is 0.0665 e. The summed E-state index contributed by atoms with van der Waals surface area (Å²) in [5.74, 6) is 2.65. The van der Waals surface area contributed by atoms with Gasteiger partial charge in [0, 0.05) is 18.4 Å². The number of hydrogen-bond acceptors (Lipinski definition) is 4. The van der Waals surface area contributed by atoms with E-state index in [0.717, 1.165) is 17.6 Å². The summed E-state index contributed by atoms with van der Waals surface area (Å²) in [6.45, 7) is 4.53. The van der Waals surface area contributed by atoms with Gasteiger partial charge in [-0.05, 0) is 61.1 Å². The molecule has 4 heteroatoms. The number of hydrogen-bond donors (Lipinski definition) is 1. The van der Waals surface area contributed by atoms with Crippen LogP contribution in [0, 0.1) is 0 Å². The van der Waals surface area contributed by atoms with Crippen LogP contribution in [0.15, 0.2) is 48.5 Å². The van der Waals surface area contributed by atoms with Crippen molar-refractivity contribution in [2.45, 2.75) is 78.1 Å². The van der Waals surface area contributed by atoms with Gasteiger partial charge in [0.1, 0.15) is 0 Å². The summed E-state index contributed by atoms with van der Waals surface area (Å²) in [6, 6.07) is 18.2. The van der Waals surface area contributed by atoms with E-state index in [1.807, 2.05) is 11.8 Å². The van der Waals surface area contributed by atoms with Crippen LogP contribution in [0.5, 0.6) is 0 Å². The maximum absolute atomic E-state index is 4.58. The molecular formula is C28H44N2S2. The summed E-state index contributed by atoms with van der Waals surface area (Å²) in [5, 5.41) is 0. The molecule has 0 atom stereocenters. The predicted molar refractivity (Wildman–Crippen MR) is 151 cm³/mol. The van der Waals surface area contributed by atoms with Gasteiger partial charge in [-0.25, -0.2) is 0 Å². The fraction of sp³-hybridized carbons (Fsp3) is 0.571. The maximum atomic E-state index is 4.58. The van der Waals surface area contributed by atoms with Crippen LogP contribution < -0.4 is 9.80 Å². The molecule has 0 saturated heterocycles. The summed E-state index contributed by atoms with van der Waals surface area (Å²) in [4.78, 5) is 4.67. The monoisotopic (exact) mass is 472 g/mol. The van der Waals surface area contributed by atoms with Crippen LogP contribution in [-0.4, -0.2) is 24.7 Å². The Morgan fingerprint density at radius 2 is 1.16 bits per heavy atom. The van der Waals surface area contributed by atoms with Crippen molar-refractivity contribution in [3.8, 4) is 0 Å². The zero-order valence-electron chi connectivity index (χ0n) is 20.6. The molecule has 0 bridgehead atoms. The van der Waals surface area contributed by atoms with E-state index in [1.54, 1.807) is 0 Å². The van der Waals surface area contributed by atoms with Gasteiger partial charge in [-0.3, -0.25) is 0 Å². The van der Waals surface area contributed by atoms with Gasteiger partial charge < -0.3 is 9.80 Å². The number of thiol groups is 1. The van der Waals surface area contributed by atoms with E-state index in [0.29, 0.717) is 0 Å². The van der Waals surface area contributed by atoms with E-state index in [1.165, 1.54) is 86.7 Å². The molecule has 0 amide bonds. The van der Waals surface area contributed by atoms with Gasteiger partial charge in [0.2, 0.25) is 0 Å². The van der Waals surface area contributed by atoms with Gasteiger partial charge in [0.15, 0.2) is 0 Å². The van der Waals surface area contributed by atoms with Crippen molar-refractivity contribution in [3.05, 3.63) is 59.7 Å². The van der Waals surface area contributed by atoms with Crippen LogP contribution in [0.4, 0.5) is 11.4 Å². The lowest BCUT2D eigenvalue weighted by Gasteiger charge is -2.25. The van der Waals surface area contributed by atoms with E-state index in [2.05, 4.69) is 91.9 Å². The molecule has 0 radical (unpaired) electrons. The normalized spacial score (nSPS) is 11.0. The zero-order chi connectivity index (χ0) is 23.0. The Morgan fingerprint density at radius 1 is 0.656 bits per heavy atom. The van der Waals surface area contributed by atoms with Gasteiger partial charge in [-0.15, -0.1) is 11.8 Å². The molecule has 2 aromatic carbocycles. The highest BCUT2D eigenvalue weighted by atomic mass is 32.2. The Bertz CT molecular complexity index is 715. The Hall–Kier alpha value is -1.26. The van der Waals surface area contributed by atoms with Crippen LogP contribution >= 0.6 is 24.4 Å². The topological polar surface area (TPSA) is 6.48 Å². The van der Waals surface area contributed by atoms with E-state index in [9.17, 15) is 0 Å². The van der Waals surface area contributed by atoms with Gasteiger partial charge in [-0.1, -0.05) is 76.6 Å². The second kappa shape index (κ2) is 16.4. The van der Waals surface area contributed by atoms with Crippen molar-refractivity contribution >= 4 is 35.8 Å². The lowest BCUT2D eigenvalue weighted by atomic mass is 10.1. The van der Waals surface area contributed by atoms with Crippen LogP contribution in [0.1, 0.15) is 76.3 Å². The molecular weight excluding hydrogens is 428 g/mol. The number of rotatable bonds is 17. The van der Waals surface area contributed by atoms with E-state index in [-0.39, 0.29) is 0 Å². The molecule has 2 aromatic rings. The number of aryl methyl sites for hydroxylation is 2. The molecule has 2 nitrogen and oxygen atoms in total. The summed E-state index contributed by atoms with van der Waals surface area (Å²) in [6.07, 6.45) is 13.0. The molecule has 0 fully saturated rings. The second-order valence-electron chi connectivity index (χ2n) is 8.80. The quantitative estimate of drug-likeness (QED) is 0.140. The summed E-state index contributed by atoms with van der Waals surface area (Å²) in [7, 11) is 2.18. The van der Waals surface area contributed by atoms with Crippen molar-refractivity contribution in [1.82, 2.24) is 0 Å².